The Morgan fingerprint density at radius 1 is 1.29 bits per heavy atom. The number of hydrogen-bond donors (Lipinski definition) is 0. The second-order valence-electron chi connectivity index (χ2n) is 5.50. The summed E-state index contributed by atoms with van der Waals surface area (Å²) in [7, 11) is 0. The van der Waals surface area contributed by atoms with E-state index in [4.69, 9.17) is 4.74 Å². The molecule has 1 fully saturated rings. The average Bonchev–Trinajstić information content (AvgIpc) is 3.23. The SMILES string of the molecule is CC[C@H]1C[C@@H]1c1ccc2nccc(OCC(F)(F)F)c2c1. The quantitative estimate of drug-likeness (QED) is 0.816. The maximum absolute atomic E-state index is 12.3. The van der Waals surface area contributed by atoms with Crippen molar-refractivity contribution in [3.63, 3.8) is 0 Å². The number of nitrogens with zero attached hydrogens (tertiary/aromatic N) is 1. The lowest BCUT2D eigenvalue weighted by Gasteiger charge is -2.12. The van der Waals surface area contributed by atoms with Crippen molar-refractivity contribution in [3.05, 3.63) is 36.0 Å². The number of alkyl halides is 3. The zero-order chi connectivity index (χ0) is 15.0. The normalized spacial score (nSPS) is 21.5. The van der Waals surface area contributed by atoms with Gasteiger partial charge in [0.05, 0.1) is 5.52 Å². The van der Waals surface area contributed by atoms with E-state index in [2.05, 4.69) is 11.9 Å². The van der Waals surface area contributed by atoms with Gasteiger partial charge in [-0.05, 0) is 42.0 Å². The molecule has 5 heteroatoms. The zero-order valence-corrected chi connectivity index (χ0v) is 11.7. The topological polar surface area (TPSA) is 22.1 Å². The number of fused-ring (bicyclic) bond motifs is 1. The van der Waals surface area contributed by atoms with Crippen LogP contribution in [-0.4, -0.2) is 17.8 Å². The van der Waals surface area contributed by atoms with Gasteiger partial charge in [0.2, 0.25) is 0 Å². The minimum Gasteiger partial charge on any atom is -0.483 e. The van der Waals surface area contributed by atoms with E-state index < -0.39 is 12.8 Å². The molecular formula is C16H16F3NO. The Bertz CT molecular complexity index is 654. The van der Waals surface area contributed by atoms with E-state index >= 15 is 0 Å². The van der Waals surface area contributed by atoms with Crippen molar-refractivity contribution >= 4 is 10.9 Å². The fourth-order valence-corrected chi connectivity index (χ4v) is 2.76. The molecule has 0 amide bonds. The highest BCUT2D eigenvalue weighted by Crippen LogP contribution is 2.50. The van der Waals surface area contributed by atoms with Gasteiger partial charge in [0.15, 0.2) is 6.61 Å². The number of pyridine rings is 1. The molecule has 0 spiro atoms. The van der Waals surface area contributed by atoms with Crippen molar-refractivity contribution in [2.45, 2.75) is 31.9 Å². The van der Waals surface area contributed by atoms with E-state index in [0.717, 1.165) is 12.8 Å². The molecular weight excluding hydrogens is 279 g/mol. The van der Waals surface area contributed by atoms with Crippen LogP contribution in [0.1, 0.15) is 31.2 Å². The van der Waals surface area contributed by atoms with Crippen LogP contribution in [0, 0.1) is 5.92 Å². The Kier molecular flexibility index (Phi) is 3.51. The van der Waals surface area contributed by atoms with E-state index in [1.807, 2.05) is 18.2 Å². The lowest BCUT2D eigenvalue weighted by Crippen LogP contribution is -2.19. The summed E-state index contributed by atoms with van der Waals surface area (Å²) >= 11 is 0. The van der Waals surface area contributed by atoms with Gasteiger partial charge in [-0.1, -0.05) is 19.4 Å². The van der Waals surface area contributed by atoms with Gasteiger partial charge in [-0.15, -0.1) is 0 Å². The first kappa shape index (κ1) is 14.2. The van der Waals surface area contributed by atoms with E-state index in [-0.39, 0.29) is 5.75 Å². The molecule has 1 aliphatic rings. The molecule has 1 aliphatic carbocycles. The molecule has 1 aromatic carbocycles. The largest absolute Gasteiger partial charge is 0.483 e. The predicted octanol–water partition coefficient (Wildman–Crippen LogP) is 4.69. The van der Waals surface area contributed by atoms with Crippen molar-refractivity contribution in [1.82, 2.24) is 4.98 Å². The molecule has 0 radical (unpaired) electrons. The molecule has 2 atom stereocenters. The van der Waals surface area contributed by atoms with Crippen LogP contribution in [0.15, 0.2) is 30.5 Å². The molecule has 2 nitrogen and oxygen atoms in total. The molecule has 112 valence electrons. The minimum atomic E-state index is -4.34. The number of ether oxygens (including phenoxy) is 1. The molecule has 1 heterocycles. The van der Waals surface area contributed by atoms with Gasteiger partial charge in [0, 0.05) is 11.6 Å². The molecule has 0 N–H and O–H groups in total. The summed E-state index contributed by atoms with van der Waals surface area (Å²) in [5.41, 5.74) is 1.83. The fourth-order valence-electron chi connectivity index (χ4n) is 2.76. The molecule has 1 saturated carbocycles. The second kappa shape index (κ2) is 5.20. The zero-order valence-electron chi connectivity index (χ0n) is 11.7. The summed E-state index contributed by atoms with van der Waals surface area (Å²) in [5.74, 6) is 1.46. The Labute approximate surface area is 120 Å². The summed E-state index contributed by atoms with van der Waals surface area (Å²) in [6.45, 7) is 0.877. The highest BCUT2D eigenvalue weighted by atomic mass is 19.4. The van der Waals surface area contributed by atoms with Crippen LogP contribution in [0.3, 0.4) is 0 Å². The molecule has 0 aliphatic heterocycles. The first-order valence-electron chi connectivity index (χ1n) is 7.06. The van der Waals surface area contributed by atoms with E-state index in [1.165, 1.54) is 17.8 Å². The van der Waals surface area contributed by atoms with Crippen LogP contribution in [-0.2, 0) is 0 Å². The Balaban J connectivity index is 1.91. The number of aromatic nitrogens is 1. The van der Waals surface area contributed by atoms with Gasteiger partial charge >= 0.3 is 6.18 Å². The lowest BCUT2D eigenvalue weighted by molar-refractivity contribution is -0.153. The Morgan fingerprint density at radius 2 is 2.10 bits per heavy atom. The van der Waals surface area contributed by atoms with Crippen LogP contribution in [0.5, 0.6) is 5.75 Å². The fraction of sp³-hybridized carbons (Fsp3) is 0.438. The van der Waals surface area contributed by atoms with Crippen LogP contribution >= 0.6 is 0 Å². The van der Waals surface area contributed by atoms with Gasteiger partial charge in [0.1, 0.15) is 5.75 Å². The summed E-state index contributed by atoms with van der Waals surface area (Å²) in [5, 5.41) is 0.654. The van der Waals surface area contributed by atoms with Crippen LogP contribution < -0.4 is 4.74 Å². The first-order valence-corrected chi connectivity index (χ1v) is 7.06. The van der Waals surface area contributed by atoms with Crippen molar-refractivity contribution in [2.24, 2.45) is 5.92 Å². The molecule has 0 saturated heterocycles. The van der Waals surface area contributed by atoms with E-state index in [9.17, 15) is 13.2 Å². The summed E-state index contributed by atoms with van der Waals surface area (Å²) in [4.78, 5) is 4.19. The van der Waals surface area contributed by atoms with E-state index in [1.54, 1.807) is 0 Å². The van der Waals surface area contributed by atoms with Crippen LogP contribution in [0.2, 0.25) is 0 Å². The number of benzene rings is 1. The summed E-state index contributed by atoms with van der Waals surface area (Å²) in [6.07, 6.45) is -0.578. The second-order valence-corrected chi connectivity index (χ2v) is 5.50. The third-order valence-electron chi connectivity index (χ3n) is 3.99. The first-order chi connectivity index (χ1) is 9.98. The Morgan fingerprint density at radius 3 is 2.76 bits per heavy atom. The van der Waals surface area contributed by atoms with Crippen molar-refractivity contribution < 1.29 is 17.9 Å². The molecule has 1 aromatic heterocycles. The molecule has 0 bridgehead atoms. The summed E-state index contributed by atoms with van der Waals surface area (Å²) < 4.78 is 41.9. The van der Waals surface area contributed by atoms with Gasteiger partial charge in [-0.3, -0.25) is 4.98 Å². The number of halogens is 3. The Hall–Kier alpha value is -1.78. The number of rotatable bonds is 4. The number of hydrogen-bond acceptors (Lipinski definition) is 2. The third kappa shape index (κ3) is 3.12. The van der Waals surface area contributed by atoms with Crippen molar-refractivity contribution in [3.8, 4) is 5.75 Å². The van der Waals surface area contributed by atoms with Gasteiger partial charge in [0.25, 0.3) is 0 Å². The van der Waals surface area contributed by atoms with Crippen LogP contribution in [0.4, 0.5) is 13.2 Å². The van der Waals surface area contributed by atoms with Crippen molar-refractivity contribution in [1.29, 1.82) is 0 Å². The summed E-state index contributed by atoms with van der Waals surface area (Å²) in [6, 6.07) is 7.29. The maximum atomic E-state index is 12.3. The van der Waals surface area contributed by atoms with Gasteiger partial charge in [-0.25, -0.2) is 0 Å². The van der Waals surface area contributed by atoms with E-state index in [0.29, 0.717) is 22.7 Å². The highest BCUT2D eigenvalue weighted by molar-refractivity contribution is 5.85. The molecule has 2 aromatic rings. The highest BCUT2D eigenvalue weighted by Gasteiger charge is 2.36. The maximum Gasteiger partial charge on any atom is 0.422 e. The van der Waals surface area contributed by atoms with Crippen LogP contribution in [0.25, 0.3) is 10.9 Å². The smallest absolute Gasteiger partial charge is 0.422 e. The lowest BCUT2D eigenvalue weighted by atomic mass is 10.0. The monoisotopic (exact) mass is 295 g/mol. The molecule has 21 heavy (non-hydrogen) atoms. The minimum absolute atomic E-state index is 0.243. The van der Waals surface area contributed by atoms with Gasteiger partial charge in [-0.2, -0.15) is 13.2 Å². The molecule has 0 unspecified atom stereocenters. The molecule has 3 rings (SSSR count). The average molecular weight is 295 g/mol. The standard InChI is InChI=1S/C16H16F3NO/c1-2-10-7-12(10)11-3-4-14-13(8-11)15(5-6-20-14)21-9-16(17,18)19/h3-6,8,10,12H,2,7,9H2,1H3/t10-,12-/m0/s1. The van der Waals surface area contributed by atoms with Crippen molar-refractivity contribution in [2.75, 3.05) is 6.61 Å². The predicted molar refractivity (Wildman–Crippen MR) is 74.4 cm³/mol. The van der Waals surface area contributed by atoms with Gasteiger partial charge < -0.3 is 4.74 Å². The third-order valence-corrected chi connectivity index (χ3v) is 3.99.